The number of nitrogens with one attached hydrogen (secondary N) is 1. The average molecular weight is 347 g/mol. The van der Waals surface area contributed by atoms with Gasteiger partial charge in [-0.3, -0.25) is 0 Å². The van der Waals surface area contributed by atoms with Gasteiger partial charge in [-0.2, -0.15) is 0 Å². The number of hydrogen-bond acceptors (Lipinski definition) is 1. The first-order chi connectivity index (χ1) is 10.0. The van der Waals surface area contributed by atoms with Crippen LogP contribution in [0.25, 0.3) is 0 Å². The monoisotopic (exact) mass is 345 g/mol. The van der Waals surface area contributed by atoms with Crippen molar-refractivity contribution in [3.05, 3.63) is 68.4 Å². The van der Waals surface area contributed by atoms with Gasteiger partial charge in [-0.25, -0.2) is 4.39 Å². The van der Waals surface area contributed by atoms with Crippen LogP contribution >= 0.6 is 34.8 Å². The Balaban J connectivity index is 2.41. The maximum absolute atomic E-state index is 14.0. The third-order valence-corrected chi connectivity index (χ3v) is 4.28. The molecule has 0 aliphatic carbocycles. The van der Waals surface area contributed by atoms with Crippen LogP contribution in [0.2, 0.25) is 15.1 Å². The lowest BCUT2D eigenvalue weighted by atomic mass is 9.98. The number of benzene rings is 2. The molecule has 1 atom stereocenters. The van der Waals surface area contributed by atoms with E-state index in [4.69, 9.17) is 34.8 Å². The van der Waals surface area contributed by atoms with Crippen LogP contribution in [-0.4, -0.2) is 6.54 Å². The molecule has 0 spiro atoms. The minimum Gasteiger partial charge on any atom is -0.310 e. The molecule has 0 saturated heterocycles. The smallest absolute Gasteiger partial charge is 0.127 e. The molecule has 5 heteroatoms. The zero-order chi connectivity index (χ0) is 15.4. The maximum atomic E-state index is 14.0. The van der Waals surface area contributed by atoms with Crippen molar-refractivity contribution in [1.82, 2.24) is 5.32 Å². The van der Waals surface area contributed by atoms with Crippen LogP contribution in [0.3, 0.4) is 0 Å². The largest absolute Gasteiger partial charge is 0.310 e. The molecule has 2 aromatic rings. The maximum Gasteiger partial charge on any atom is 0.127 e. The summed E-state index contributed by atoms with van der Waals surface area (Å²) in [4.78, 5) is 0. The van der Waals surface area contributed by atoms with E-state index in [2.05, 4.69) is 5.32 Å². The molecule has 0 aliphatic rings. The first-order valence-electron chi connectivity index (χ1n) is 6.64. The molecule has 0 radical (unpaired) electrons. The van der Waals surface area contributed by atoms with E-state index >= 15 is 0 Å². The summed E-state index contributed by atoms with van der Waals surface area (Å²) in [6, 6.07) is 9.80. The molecular formula is C16H15Cl3FN. The van der Waals surface area contributed by atoms with Crippen molar-refractivity contribution in [1.29, 1.82) is 0 Å². The minimum atomic E-state index is -0.325. The van der Waals surface area contributed by atoms with Gasteiger partial charge >= 0.3 is 0 Å². The van der Waals surface area contributed by atoms with Gasteiger partial charge in [0.1, 0.15) is 5.82 Å². The highest BCUT2D eigenvalue weighted by Gasteiger charge is 2.20. The molecule has 1 unspecified atom stereocenters. The highest BCUT2D eigenvalue weighted by atomic mass is 35.5. The van der Waals surface area contributed by atoms with Crippen LogP contribution in [0, 0.1) is 5.82 Å². The zero-order valence-corrected chi connectivity index (χ0v) is 13.7. The van der Waals surface area contributed by atoms with E-state index in [1.54, 1.807) is 30.3 Å². The molecule has 0 heterocycles. The SMILES string of the molecule is CCNC(Cc1c(F)cccc1Cl)c1c(Cl)cccc1Cl. The van der Waals surface area contributed by atoms with E-state index in [9.17, 15) is 4.39 Å². The molecule has 112 valence electrons. The number of likely N-dealkylation sites (N-methyl/N-ethyl adjacent to an activating group) is 1. The Labute approximate surface area is 139 Å². The van der Waals surface area contributed by atoms with Gasteiger partial charge in [0.25, 0.3) is 0 Å². The summed E-state index contributed by atoms with van der Waals surface area (Å²) in [6.45, 7) is 2.68. The van der Waals surface area contributed by atoms with E-state index in [-0.39, 0.29) is 11.9 Å². The summed E-state index contributed by atoms with van der Waals surface area (Å²) >= 11 is 18.6. The van der Waals surface area contributed by atoms with Gasteiger partial charge in [0.2, 0.25) is 0 Å². The summed E-state index contributed by atoms with van der Waals surface area (Å²) in [5.74, 6) is -0.325. The Hall–Kier alpha value is -0.800. The van der Waals surface area contributed by atoms with Crippen LogP contribution in [0.5, 0.6) is 0 Å². The second-order valence-electron chi connectivity index (χ2n) is 4.65. The van der Waals surface area contributed by atoms with Crippen molar-refractivity contribution >= 4 is 34.8 Å². The van der Waals surface area contributed by atoms with Gasteiger partial charge in [0, 0.05) is 32.2 Å². The Bertz CT molecular complexity index is 590. The summed E-state index contributed by atoms with van der Waals surface area (Å²) < 4.78 is 14.0. The highest BCUT2D eigenvalue weighted by molar-refractivity contribution is 6.36. The van der Waals surface area contributed by atoms with Gasteiger partial charge in [0.15, 0.2) is 0 Å². The van der Waals surface area contributed by atoms with Crippen LogP contribution < -0.4 is 5.32 Å². The Kier molecular flexibility index (Phi) is 5.88. The quantitative estimate of drug-likeness (QED) is 0.734. The summed E-state index contributed by atoms with van der Waals surface area (Å²) in [5.41, 5.74) is 1.23. The predicted octanol–water partition coefficient (Wildman–Crippen LogP) is 5.68. The van der Waals surface area contributed by atoms with Crippen molar-refractivity contribution in [3.63, 3.8) is 0 Å². The van der Waals surface area contributed by atoms with Gasteiger partial charge < -0.3 is 5.32 Å². The van der Waals surface area contributed by atoms with Crippen LogP contribution in [0.15, 0.2) is 36.4 Å². The molecule has 0 aliphatic heterocycles. The van der Waals surface area contributed by atoms with E-state index in [1.165, 1.54) is 6.07 Å². The fraction of sp³-hybridized carbons (Fsp3) is 0.250. The normalized spacial score (nSPS) is 12.4. The lowest BCUT2D eigenvalue weighted by Gasteiger charge is -2.21. The van der Waals surface area contributed by atoms with Gasteiger partial charge in [-0.15, -0.1) is 0 Å². The molecule has 0 aromatic heterocycles. The van der Waals surface area contributed by atoms with E-state index in [0.29, 0.717) is 33.6 Å². The minimum absolute atomic E-state index is 0.203. The fourth-order valence-electron chi connectivity index (χ4n) is 2.30. The third-order valence-electron chi connectivity index (χ3n) is 3.27. The van der Waals surface area contributed by atoms with Crippen molar-refractivity contribution in [2.24, 2.45) is 0 Å². The Morgan fingerprint density at radius 3 is 2.14 bits per heavy atom. The van der Waals surface area contributed by atoms with Gasteiger partial charge in [0.05, 0.1) is 0 Å². The molecule has 0 fully saturated rings. The van der Waals surface area contributed by atoms with Crippen molar-refractivity contribution in [2.45, 2.75) is 19.4 Å². The van der Waals surface area contributed by atoms with E-state index in [1.807, 2.05) is 6.92 Å². The Morgan fingerprint density at radius 2 is 1.57 bits per heavy atom. The zero-order valence-electron chi connectivity index (χ0n) is 11.5. The number of halogens is 4. The first kappa shape index (κ1) is 16.6. The van der Waals surface area contributed by atoms with Gasteiger partial charge in [-0.1, -0.05) is 53.9 Å². The highest BCUT2D eigenvalue weighted by Crippen LogP contribution is 2.34. The Morgan fingerprint density at radius 1 is 1.00 bits per heavy atom. The summed E-state index contributed by atoms with van der Waals surface area (Å²) in [5, 5.41) is 4.81. The second kappa shape index (κ2) is 7.46. The van der Waals surface area contributed by atoms with Crippen LogP contribution in [0.1, 0.15) is 24.1 Å². The lowest BCUT2D eigenvalue weighted by Crippen LogP contribution is -2.24. The number of rotatable bonds is 5. The van der Waals surface area contributed by atoms with Crippen LogP contribution in [-0.2, 0) is 6.42 Å². The molecule has 0 saturated carbocycles. The molecule has 2 aromatic carbocycles. The molecule has 0 amide bonds. The molecule has 1 N–H and O–H groups in total. The molecule has 2 rings (SSSR count). The lowest BCUT2D eigenvalue weighted by molar-refractivity contribution is 0.528. The molecule has 21 heavy (non-hydrogen) atoms. The summed E-state index contributed by atoms with van der Waals surface area (Å²) in [7, 11) is 0. The standard InChI is InChI=1S/C16H15Cl3FN/c1-2-21-15(16-12(18)6-3-7-13(16)19)9-10-11(17)5-4-8-14(10)20/h3-8,15,21H,2,9H2,1H3. The van der Waals surface area contributed by atoms with Gasteiger partial charge in [-0.05, 0) is 37.2 Å². The molecule has 1 nitrogen and oxygen atoms in total. The molecule has 0 bridgehead atoms. The predicted molar refractivity (Wildman–Crippen MR) is 88.0 cm³/mol. The summed E-state index contributed by atoms with van der Waals surface area (Å²) in [6.07, 6.45) is 0.378. The van der Waals surface area contributed by atoms with Crippen molar-refractivity contribution in [2.75, 3.05) is 6.54 Å². The number of hydrogen-bond donors (Lipinski definition) is 1. The topological polar surface area (TPSA) is 12.0 Å². The van der Waals surface area contributed by atoms with E-state index < -0.39 is 0 Å². The van der Waals surface area contributed by atoms with Crippen LogP contribution in [0.4, 0.5) is 4.39 Å². The average Bonchev–Trinajstić information content (AvgIpc) is 2.42. The van der Waals surface area contributed by atoms with E-state index in [0.717, 1.165) is 5.56 Å². The second-order valence-corrected chi connectivity index (χ2v) is 5.87. The van der Waals surface area contributed by atoms with Crippen molar-refractivity contribution in [3.8, 4) is 0 Å². The first-order valence-corrected chi connectivity index (χ1v) is 7.78. The fourth-order valence-corrected chi connectivity index (χ4v) is 3.20. The third kappa shape index (κ3) is 3.89. The molecular weight excluding hydrogens is 332 g/mol. The van der Waals surface area contributed by atoms with Crippen molar-refractivity contribution < 1.29 is 4.39 Å².